The smallest absolute Gasteiger partial charge is 0.417 e. The molecule has 4 rings (SSSR count). The number of piperidine rings is 1. The molecule has 0 aliphatic carbocycles. The number of hydrogen-bond donors (Lipinski definition) is 3. The average Bonchev–Trinajstić information content (AvgIpc) is 2.94. The number of carbonyl (C=O) groups is 3. The van der Waals surface area contributed by atoms with E-state index in [0.717, 1.165) is 56.4 Å². The van der Waals surface area contributed by atoms with Gasteiger partial charge in [0.25, 0.3) is 11.8 Å². The van der Waals surface area contributed by atoms with Gasteiger partial charge in [-0.1, -0.05) is 23.7 Å². The normalized spacial score (nSPS) is 13.8. The van der Waals surface area contributed by atoms with Gasteiger partial charge in [0.15, 0.2) is 0 Å². The van der Waals surface area contributed by atoms with E-state index in [1.54, 1.807) is 18.2 Å². The molecule has 1 heterocycles. The summed E-state index contributed by atoms with van der Waals surface area (Å²) in [6.45, 7) is 1.59. The van der Waals surface area contributed by atoms with Gasteiger partial charge in [-0.3, -0.25) is 9.59 Å². The minimum Gasteiger partial charge on any atom is -0.478 e. The Morgan fingerprint density at radius 1 is 0.925 bits per heavy atom. The molecule has 40 heavy (non-hydrogen) atoms. The van der Waals surface area contributed by atoms with Crippen LogP contribution >= 0.6 is 11.6 Å². The van der Waals surface area contributed by atoms with Crippen LogP contribution in [0.2, 0.25) is 5.02 Å². The van der Waals surface area contributed by atoms with Gasteiger partial charge in [0.2, 0.25) is 0 Å². The number of aromatic carboxylic acids is 1. The molecule has 12 heteroatoms. The van der Waals surface area contributed by atoms with E-state index >= 15 is 0 Å². The van der Waals surface area contributed by atoms with Crippen molar-refractivity contribution in [1.82, 2.24) is 5.43 Å². The van der Waals surface area contributed by atoms with E-state index in [9.17, 15) is 32.7 Å². The molecule has 1 aliphatic rings. The molecule has 0 aromatic heterocycles. The summed E-state index contributed by atoms with van der Waals surface area (Å²) in [5.41, 5.74) is 2.29. The summed E-state index contributed by atoms with van der Waals surface area (Å²) in [4.78, 5) is 39.5. The molecule has 1 aliphatic heterocycles. The third kappa shape index (κ3) is 6.97. The number of hydrazone groups is 1. The predicted molar refractivity (Wildman–Crippen MR) is 145 cm³/mol. The van der Waals surface area contributed by atoms with Crippen molar-refractivity contribution in [2.75, 3.05) is 23.3 Å². The summed E-state index contributed by atoms with van der Waals surface area (Å²) in [6, 6.07) is 13.6. The second-order valence-corrected chi connectivity index (χ2v) is 9.46. The van der Waals surface area contributed by atoms with Crippen LogP contribution in [0.5, 0.6) is 0 Å². The highest BCUT2D eigenvalue weighted by atomic mass is 35.5. The lowest BCUT2D eigenvalue weighted by molar-refractivity contribution is -0.137. The Hall–Kier alpha value is -4.38. The SMILES string of the molecule is O=C(O)c1cccc(C(=O)Nc2ccc(N3CCCCC3)cc2C(=O)N/N=C/c2ccc(Cl)c(C(F)(F)F)c2)c1. The summed E-state index contributed by atoms with van der Waals surface area (Å²) in [7, 11) is 0. The van der Waals surface area contributed by atoms with Gasteiger partial charge in [-0.15, -0.1) is 0 Å². The lowest BCUT2D eigenvalue weighted by Crippen LogP contribution is -2.30. The van der Waals surface area contributed by atoms with Gasteiger partial charge in [-0.25, -0.2) is 10.2 Å². The summed E-state index contributed by atoms with van der Waals surface area (Å²) in [5, 5.41) is 15.2. The number of carbonyl (C=O) groups excluding carboxylic acids is 2. The van der Waals surface area contributed by atoms with Crippen LogP contribution in [-0.2, 0) is 6.18 Å². The van der Waals surface area contributed by atoms with Crippen molar-refractivity contribution in [3.05, 3.63) is 93.5 Å². The quantitative estimate of drug-likeness (QED) is 0.235. The largest absolute Gasteiger partial charge is 0.478 e. The first-order chi connectivity index (χ1) is 19.0. The summed E-state index contributed by atoms with van der Waals surface area (Å²) in [6.07, 6.45) is -0.525. The van der Waals surface area contributed by atoms with Crippen LogP contribution in [0.1, 0.15) is 61.5 Å². The number of amides is 2. The van der Waals surface area contributed by atoms with Crippen LogP contribution < -0.4 is 15.6 Å². The third-order valence-electron chi connectivity index (χ3n) is 6.26. The van der Waals surface area contributed by atoms with E-state index in [4.69, 9.17) is 11.6 Å². The zero-order valence-electron chi connectivity index (χ0n) is 21.0. The molecule has 0 unspecified atom stereocenters. The van der Waals surface area contributed by atoms with Crippen molar-refractivity contribution in [3.63, 3.8) is 0 Å². The van der Waals surface area contributed by atoms with E-state index in [1.807, 2.05) is 0 Å². The molecular weight excluding hydrogens is 549 g/mol. The van der Waals surface area contributed by atoms with Crippen LogP contribution in [0.25, 0.3) is 0 Å². The molecule has 3 aromatic rings. The molecule has 2 amide bonds. The molecule has 208 valence electrons. The van der Waals surface area contributed by atoms with Crippen molar-refractivity contribution < 1.29 is 32.7 Å². The van der Waals surface area contributed by atoms with Crippen molar-refractivity contribution in [2.45, 2.75) is 25.4 Å². The number of carboxylic acids is 1. The van der Waals surface area contributed by atoms with Gasteiger partial charge < -0.3 is 15.3 Å². The predicted octanol–water partition coefficient (Wildman–Crippen LogP) is 6.06. The maximum atomic E-state index is 13.2. The third-order valence-corrected chi connectivity index (χ3v) is 6.59. The molecule has 3 N–H and O–H groups in total. The van der Waals surface area contributed by atoms with Gasteiger partial charge in [0, 0.05) is 24.3 Å². The van der Waals surface area contributed by atoms with Crippen LogP contribution in [0.3, 0.4) is 0 Å². The Bertz CT molecular complexity index is 1470. The number of carboxylic acid groups (broad SMARTS) is 1. The maximum Gasteiger partial charge on any atom is 0.417 e. The minimum atomic E-state index is -4.66. The van der Waals surface area contributed by atoms with Crippen LogP contribution in [0.4, 0.5) is 24.5 Å². The summed E-state index contributed by atoms with van der Waals surface area (Å²) in [5.74, 6) is -2.54. The first-order valence-electron chi connectivity index (χ1n) is 12.3. The molecule has 1 saturated heterocycles. The van der Waals surface area contributed by atoms with Gasteiger partial charge in [-0.2, -0.15) is 18.3 Å². The first kappa shape index (κ1) is 28.6. The second-order valence-electron chi connectivity index (χ2n) is 9.05. The lowest BCUT2D eigenvalue weighted by Gasteiger charge is -2.29. The van der Waals surface area contributed by atoms with Gasteiger partial charge in [-0.05, 0) is 73.4 Å². The molecule has 0 spiro atoms. The average molecular weight is 573 g/mol. The highest BCUT2D eigenvalue weighted by molar-refractivity contribution is 6.31. The van der Waals surface area contributed by atoms with Crippen molar-refractivity contribution >= 4 is 47.0 Å². The van der Waals surface area contributed by atoms with E-state index < -0.39 is 34.5 Å². The Balaban J connectivity index is 1.59. The van der Waals surface area contributed by atoms with Gasteiger partial charge >= 0.3 is 12.1 Å². The maximum absolute atomic E-state index is 13.2. The van der Waals surface area contributed by atoms with Crippen molar-refractivity contribution in [1.29, 1.82) is 0 Å². The molecular formula is C28H24ClF3N4O4. The van der Waals surface area contributed by atoms with Gasteiger partial charge in [0.1, 0.15) is 0 Å². The highest BCUT2D eigenvalue weighted by Crippen LogP contribution is 2.35. The number of anilines is 2. The molecule has 8 nitrogen and oxygen atoms in total. The van der Waals surface area contributed by atoms with Crippen LogP contribution in [0.15, 0.2) is 65.8 Å². The number of nitrogens with one attached hydrogen (secondary N) is 2. The lowest BCUT2D eigenvalue weighted by atomic mass is 10.1. The Kier molecular flexibility index (Phi) is 8.73. The second kappa shape index (κ2) is 12.2. The van der Waals surface area contributed by atoms with Crippen molar-refractivity contribution in [2.24, 2.45) is 5.10 Å². The van der Waals surface area contributed by atoms with Crippen LogP contribution in [-0.4, -0.2) is 42.2 Å². The molecule has 0 atom stereocenters. The number of benzene rings is 3. The fraction of sp³-hybridized carbons (Fsp3) is 0.214. The number of hydrogen-bond acceptors (Lipinski definition) is 5. The monoisotopic (exact) mass is 572 g/mol. The Labute approximate surface area is 232 Å². The van der Waals surface area contributed by atoms with E-state index in [1.165, 1.54) is 30.3 Å². The number of alkyl halides is 3. The van der Waals surface area contributed by atoms with E-state index in [2.05, 4.69) is 20.7 Å². The zero-order valence-corrected chi connectivity index (χ0v) is 21.7. The number of rotatable bonds is 7. The van der Waals surface area contributed by atoms with Crippen LogP contribution in [0, 0.1) is 0 Å². The molecule has 0 saturated carbocycles. The summed E-state index contributed by atoms with van der Waals surface area (Å²) >= 11 is 5.65. The molecule has 0 radical (unpaired) electrons. The fourth-order valence-corrected chi connectivity index (χ4v) is 4.46. The topological polar surface area (TPSA) is 111 Å². The molecule has 3 aromatic carbocycles. The number of nitrogens with zero attached hydrogens (tertiary/aromatic N) is 2. The fourth-order valence-electron chi connectivity index (χ4n) is 4.23. The van der Waals surface area contributed by atoms with Crippen molar-refractivity contribution in [3.8, 4) is 0 Å². The molecule has 1 fully saturated rings. The van der Waals surface area contributed by atoms with E-state index in [0.29, 0.717) is 0 Å². The van der Waals surface area contributed by atoms with Gasteiger partial charge in [0.05, 0.1) is 33.6 Å². The summed E-state index contributed by atoms with van der Waals surface area (Å²) < 4.78 is 39.5. The Morgan fingerprint density at radius 3 is 2.35 bits per heavy atom. The number of halogens is 4. The Morgan fingerprint density at radius 2 is 1.65 bits per heavy atom. The highest BCUT2D eigenvalue weighted by Gasteiger charge is 2.33. The first-order valence-corrected chi connectivity index (χ1v) is 12.6. The standard InChI is InChI=1S/C28H24ClF3N4O4/c29-23-9-7-17(13-22(23)28(30,31)32)16-33-35-26(38)21-15-20(36-11-2-1-3-12-36)8-10-24(21)34-25(37)18-5-4-6-19(14-18)27(39)40/h4-10,13-16H,1-3,11-12H2,(H,34,37)(H,35,38)(H,39,40)/b33-16+. The molecule has 0 bridgehead atoms. The zero-order chi connectivity index (χ0) is 28.9. The van der Waals surface area contributed by atoms with E-state index in [-0.39, 0.29) is 27.9 Å². The minimum absolute atomic E-state index is 0.0610.